The van der Waals surface area contributed by atoms with E-state index in [1.54, 1.807) is 6.92 Å². The summed E-state index contributed by atoms with van der Waals surface area (Å²) >= 11 is 6.82. The maximum atomic E-state index is 12.4. The Labute approximate surface area is 121 Å². The van der Waals surface area contributed by atoms with Crippen molar-refractivity contribution in [2.45, 2.75) is 25.0 Å². The lowest BCUT2D eigenvalue weighted by Gasteiger charge is -2.21. The van der Waals surface area contributed by atoms with E-state index >= 15 is 0 Å². The number of hydrogen-bond donors (Lipinski definition) is 1. The molecule has 5 nitrogen and oxygen atoms in total. The quantitative estimate of drug-likeness (QED) is 0.871. The predicted octanol–water partition coefficient (Wildman–Crippen LogP) is 2.44. The molecular formula is C11H16ClNO4S2. The fourth-order valence-corrected chi connectivity index (χ4v) is 4.91. The van der Waals surface area contributed by atoms with Gasteiger partial charge in [0.05, 0.1) is 4.34 Å². The molecule has 0 radical (unpaired) electrons. The van der Waals surface area contributed by atoms with Gasteiger partial charge in [-0.15, -0.1) is 11.3 Å². The summed E-state index contributed by atoms with van der Waals surface area (Å²) in [4.78, 5) is 10.8. The van der Waals surface area contributed by atoms with Crippen LogP contribution in [0.5, 0.6) is 0 Å². The number of sulfonamides is 1. The van der Waals surface area contributed by atoms with Crippen LogP contribution in [-0.2, 0) is 14.8 Å². The normalized spacial score (nSPS) is 12.3. The molecule has 0 fully saturated rings. The Morgan fingerprint density at radius 1 is 1.53 bits per heavy atom. The van der Waals surface area contributed by atoms with E-state index in [0.717, 1.165) is 15.6 Å². The predicted molar refractivity (Wildman–Crippen MR) is 75.3 cm³/mol. The first kappa shape index (κ1) is 16.4. The van der Waals surface area contributed by atoms with E-state index in [0.29, 0.717) is 9.90 Å². The second-order valence-corrected chi connectivity index (χ2v) is 8.43. The first-order valence-electron chi connectivity index (χ1n) is 5.62. The van der Waals surface area contributed by atoms with Crippen molar-refractivity contribution in [1.29, 1.82) is 0 Å². The lowest BCUT2D eigenvalue weighted by Crippen LogP contribution is -2.37. The Hall–Kier alpha value is -0.630. The van der Waals surface area contributed by atoms with Crippen LogP contribution in [0.3, 0.4) is 0 Å². The molecule has 0 saturated carbocycles. The zero-order chi connectivity index (χ0) is 14.8. The monoisotopic (exact) mass is 325 g/mol. The highest BCUT2D eigenvalue weighted by atomic mass is 35.5. The Kier molecular flexibility index (Phi) is 5.37. The molecule has 1 rings (SSSR count). The molecule has 0 atom stereocenters. The topological polar surface area (TPSA) is 74.7 Å². The molecular weight excluding hydrogens is 310 g/mol. The molecule has 0 bridgehead atoms. The van der Waals surface area contributed by atoms with Gasteiger partial charge in [-0.1, -0.05) is 25.4 Å². The lowest BCUT2D eigenvalue weighted by atomic mass is 10.2. The van der Waals surface area contributed by atoms with Gasteiger partial charge in [-0.25, -0.2) is 8.42 Å². The number of carboxylic acid groups (broad SMARTS) is 1. The van der Waals surface area contributed by atoms with Crippen LogP contribution in [0.2, 0.25) is 4.34 Å². The number of carboxylic acids is 1. The van der Waals surface area contributed by atoms with Crippen molar-refractivity contribution < 1.29 is 18.3 Å². The average Bonchev–Trinajstić information content (AvgIpc) is 2.57. The molecule has 108 valence electrons. The van der Waals surface area contributed by atoms with E-state index in [1.165, 1.54) is 6.07 Å². The van der Waals surface area contributed by atoms with Gasteiger partial charge in [0.1, 0.15) is 10.8 Å². The third-order valence-corrected chi connectivity index (χ3v) is 6.13. The van der Waals surface area contributed by atoms with E-state index in [1.807, 2.05) is 13.8 Å². The molecule has 1 aromatic heterocycles. The van der Waals surface area contributed by atoms with Gasteiger partial charge in [-0.2, -0.15) is 4.31 Å². The Morgan fingerprint density at radius 3 is 2.47 bits per heavy atom. The van der Waals surface area contributed by atoms with Crippen LogP contribution >= 0.6 is 22.9 Å². The third kappa shape index (κ3) is 4.17. The summed E-state index contributed by atoms with van der Waals surface area (Å²) in [5.74, 6) is -1.14. The maximum Gasteiger partial charge on any atom is 0.318 e. The summed E-state index contributed by atoms with van der Waals surface area (Å²) in [5, 5.41) is 8.84. The van der Waals surface area contributed by atoms with Crippen molar-refractivity contribution in [2.24, 2.45) is 5.92 Å². The highest BCUT2D eigenvalue weighted by Gasteiger charge is 2.29. The van der Waals surface area contributed by atoms with Crippen molar-refractivity contribution in [2.75, 3.05) is 13.1 Å². The van der Waals surface area contributed by atoms with E-state index in [-0.39, 0.29) is 16.7 Å². The average molecular weight is 326 g/mol. The Balaban J connectivity index is 3.14. The van der Waals surface area contributed by atoms with Gasteiger partial charge in [0, 0.05) is 6.54 Å². The number of nitrogens with zero attached hydrogens (tertiary/aromatic N) is 1. The minimum atomic E-state index is -3.81. The zero-order valence-corrected chi connectivity index (χ0v) is 13.3. The van der Waals surface area contributed by atoms with E-state index in [4.69, 9.17) is 16.7 Å². The molecule has 0 amide bonds. The molecule has 8 heteroatoms. The number of halogens is 1. The molecule has 1 aromatic rings. The minimum Gasteiger partial charge on any atom is -0.480 e. The fourth-order valence-electron chi connectivity index (χ4n) is 1.49. The zero-order valence-electron chi connectivity index (χ0n) is 10.9. The largest absolute Gasteiger partial charge is 0.480 e. The van der Waals surface area contributed by atoms with Crippen molar-refractivity contribution in [3.05, 3.63) is 16.0 Å². The van der Waals surface area contributed by atoms with Crippen molar-refractivity contribution in [3.63, 3.8) is 0 Å². The molecule has 0 aromatic carbocycles. The summed E-state index contributed by atoms with van der Waals surface area (Å²) in [6.45, 7) is 4.98. The van der Waals surface area contributed by atoms with Gasteiger partial charge in [-0.3, -0.25) is 4.79 Å². The minimum absolute atomic E-state index is 0.0330. The molecule has 0 aliphatic carbocycles. The van der Waals surface area contributed by atoms with Gasteiger partial charge in [-0.05, 0) is 24.5 Å². The van der Waals surface area contributed by atoms with Crippen molar-refractivity contribution >= 4 is 38.9 Å². The van der Waals surface area contributed by atoms with Crippen LogP contribution in [0.4, 0.5) is 0 Å². The number of aryl methyl sites for hydroxylation is 1. The van der Waals surface area contributed by atoms with E-state index in [9.17, 15) is 13.2 Å². The third-order valence-electron chi connectivity index (χ3n) is 2.31. The van der Waals surface area contributed by atoms with Gasteiger partial charge in [0.15, 0.2) is 0 Å². The molecule has 1 heterocycles. The van der Waals surface area contributed by atoms with Crippen LogP contribution in [-0.4, -0.2) is 36.9 Å². The molecule has 0 spiro atoms. The maximum absolute atomic E-state index is 12.4. The van der Waals surface area contributed by atoms with Gasteiger partial charge < -0.3 is 5.11 Å². The van der Waals surface area contributed by atoms with Gasteiger partial charge in [0.2, 0.25) is 0 Å². The molecule has 0 aliphatic rings. The van der Waals surface area contributed by atoms with E-state index in [2.05, 4.69) is 0 Å². The molecule has 0 saturated heterocycles. The highest BCUT2D eigenvalue weighted by molar-refractivity contribution is 7.91. The standard InChI is InChI=1S/C11H16ClNO4S2/c1-7(2)5-13(6-9(14)15)19(16,17)10-4-8(3)11(12)18-10/h4,7H,5-6H2,1-3H3,(H,14,15). The SMILES string of the molecule is Cc1cc(S(=O)(=O)N(CC(=O)O)CC(C)C)sc1Cl. The first-order valence-corrected chi connectivity index (χ1v) is 8.26. The second kappa shape index (κ2) is 6.21. The number of rotatable bonds is 6. The molecule has 19 heavy (non-hydrogen) atoms. The highest BCUT2D eigenvalue weighted by Crippen LogP contribution is 2.32. The number of aliphatic carboxylic acids is 1. The van der Waals surface area contributed by atoms with Crippen molar-refractivity contribution in [3.8, 4) is 0 Å². The molecule has 0 unspecified atom stereocenters. The van der Waals surface area contributed by atoms with Crippen LogP contribution in [0.25, 0.3) is 0 Å². The summed E-state index contributed by atoms with van der Waals surface area (Å²) in [5.41, 5.74) is 0.671. The van der Waals surface area contributed by atoms with E-state index < -0.39 is 22.5 Å². The summed E-state index contributed by atoms with van der Waals surface area (Å²) in [6, 6.07) is 1.47. The lowest BCUT2D eigenvalue weighted by molar-refractivity contribution is -0.137. The van der Waals surface area contributed by atoms with Crippen LogP contribution in [0, 0.1) is 12.8 Å². The number of thiophene rings is 1. The van der Waals surface area contributed by atoms with Crippen LogP contribution in [0.15, 0.2) is 10.3 Å². The van der Waals surface area contributed by atoms with Crippen LogP contribution < -0.4 is 0 Å². The molecule has 1 N–H and O–H groups in total. The van der Waals surface area contributed by atoms with Gasteiger partial charge in [0.25, 0.3) is 10.0 Å². The Bertz CT molecular complexity index is 546. The fraction of sp³-hybridized carbons (Fsp3) is 0.545. The Morgan fingerprint density at radius 2 is 2.11 bits per heavy atom. The number of hydrogen-bond acceptors (Lipinski definition) is 4. The second-order valence-electron chi connectivity index (χ2n) is 4.61. The van der Waals surface area contributed by atoms with Gasteiger partial charge >= 0.3 is 5.97 Å². The number of carbonyl (C=O) groups is 1. The van der Waals surface area contributed by atoms with Crippen molar-refractivity contribution in [1.82, 2.24) is 4.31 Å². The summed E-state index contributed by atoms with van der Waals surface area (Å²) in [6.07, 6.45) is 0. The summed E-state index contributed by atoms with van der Waals surface area (Å²) in [7, 11) is -3.81. The molecule has 0 aliphatic heterocycles. The van der Waals surface area contributed by atoms with Crippen LogP contribution in [0.1, 0.15) is 19.4 Å². The smallest absolute Gasteiger partial charge is 0.318 e. The first-order chi connectivity index (χ1) is 8.64. The summed E-state index contributed by atoms with van der Waals surface area (Å²) < 4.78 is 26.2.